The minimum atomic E-state index is -4.39. The standard InChI is InChI=1S/C10H9F3N2S/c1-6-3-4-8(16-6)7-5-9(10(11,12)13)14-15(7)2/h3-5H,1-2H3. The van der Waals surface area contributed by atoms with E-state index in [0.29, 0.717) is 5.69 Å². The minimum Gasteiger partial charge on any atom is -0.267 e. The van der Waals surface area contributed by atoms with Crippen molar-refractivity contribution in [3.8, 4) is 10.6 Å². The molecule has 0 spiro atoms. The summed E-state index contributed by atoms with van der Waals surface area (Å²) in [6.45, 7) is 1.91. The number of hydrogen-bond acceptors (Lipinski definition) is 2. The Labute approximate surface area is 94.3 Å². The number of thiophene rings is 1. The first-order chi connectivity index (χ1) is 7.38. The molecule has 2 heterocycles. The second kappa shape index (κ2) is 3.62. The highest BCUT2D eigenvalue weighted by molar-refractivity contribution is 7.15. The SMILES string of the molecule is Cc1ccc(-c2cc(C(F)(F)F)nn2C)s1. The van der Waals surface area contributed by atoms with Crippen LogP contribution in [0.5, 0.6) is 0 Å². The van der Waals surface area contributed by atoms with Crippen molar-refractivity contribution in [2.45, 2.75) is 13.1 Å². The molecule has 0 unspecified atom stereocenters. The lowest BCUT2D eigenvalue weighted by Gasteiger charge is -1.98. The lowest BCUT2D eigenvalue weighted by atomic mass is 10.3. The van der Waals surface area contributed by atoms with E-state index in [1.165, 1.54) is 23.1 Å². The Hall–Kier alpha value is -1.30. The highest BCUT2D eigenvalue weighted by Gasteiger charge is 2.34. The van der Waals surface area contributed by atoms with E-state index in [0.717, 1.165) is 15.8 Å². The van der Waals surface area contributed by atoms with Gasteiger partial charge in [0.15, 0.2) is 5.69 Å². The van der Waals surface area contributed by atoms with Gasteiger partial charge in [0, 0.05) is 11.9 Å². The molecule has 2 aromatic heterocycles. The van der Waals surface area contributed by atoms with Gasteiger partial charge in [-0.2, -0.15) is 18.3 Å². The number of aromatic nitrogens is 2. The molecule has 0 aromatic carbocycles. The molecule has 0 radical (unpaired) electrons. The molecule has 0 saturated heterocycles. The molecular formula is C10H9F3N2S. The molecule has 0 fully saturated rings. The van der Waals surface area contributed by atoms with E-state index >= 15 is 0 Å². The molecular weight excluding hydrogens is 237 g/mol. The van der Waals surface area contributed by atoms with Crippen molar-refractivity contribution >= 4 is 11.3 Å². The van der Waals surface area contributed by atoms with Crippen LogP contribution in [0.4, 0.5) is 13.2 Å². The molecule has 0 N–H and O–H groups in total. The number of alkyl halides is 3. The van der Waals surface area contributed by atoms with Gasteiger partial charge in [0.05, 0.1) is 10.6 Å². The Morgan fingerprint density at radius 2 is 2.00 bits per heavy atom. The number of nitrogens with zero attached hydrogens (tertiary/aromatic N) is 2. The maximum Gasteiger partial charge on any atom is 0.435 e. The lowest BCUT2D eigenvalue weighted by molar-refractivity contribution is -0.141. The Kier molecular flexibility index (Phi) is 2.53. The molecule has 2 rings (SSSR count). The van der Waals surface area contributed by atoms with Gasteiger partial charge in [0.2, 0.25) is 0 Å². The lowest BCUT2D eigenvalue weighted by Crippen LogP contribution is -2.06. The molecule has 0 aliphatic heterocycles. The summed E-state index contributed by atoms with van der Waals surface area (Å²) in [7, 11) is 1.51. The molecule has 2 nitrogen and oxygen atoms in total. The van der Waals surface area contributed by atoms with E-state index in [2.05, 4.69) is 5.10 Å². The van der Waals surface area contributed by atoms with Crippen LogP contribution in [0.1, 0.15) is 10.6 Å². The van der Waals surface area contributed by atoms with Crippen LogP contribution in [-0.4, -0.2) is 9.78 Å². The number of rotatable bonds is 1. The second-order valence-electron chi connectivity index (χ2n) is 3.45. The summed E-state index contributed by atoms with van der Waals surface area (Å²) in [4.78, 5) is 1.85. The number of halogens is 3. The summed E-state index contributed by atoms with van der Waals surface area (Å²) in [5, 5.41) is 3.47. The Morgan fingerprint density at radius 1 is 1.31 bits per heavy atom. The van der Waals surface area contributed by atoms with Gasteiger partial charge in [-0.3, -0.25) is 4.68 Å². The van der Waals surface area contributed by atoms with E-state index in [1.807, 2.05) is 13.0 Å². The third-order valence-corrected chi connectivity index (χ3v) is 3.19. The first kappa shape index (κ1) is 11.2. The number of hydrogen-bond donors (Lipinski definition) is 0. The predicted octanol–water partition coefficient (Wildman–Crippen LogP) is 3.48. The molecule has 0 amide bonds. The largest absolute Gasteiger partial charge is 0.435 e. The van der Waals surface area contributed by atoms with Crippen LogP contribution in [0.3, 0.4) is 0 Å². The maximum absolute atomic E-state index is 12.4. The average molecular weight is 246 g/mol. The Morgan fingerprint density at radius 3 is 2.44 bits per heavy atom. The van der Waals surface area contributed by atoms with Crippen LogP contribution in [0.2, 0.25) is 0 Å². The molecule has 0 aliphatic carbocycles. The van der Waals surface area contributed by atoms with Gasteiger partial charge in [-0.05, 0) is 25.1 Å². The highest BCUT2D eigenvalue weighted by Crippen LogP contribution is 2.33. The summed E-state index contributed by atoms with van der Waals surface area (Å²) in [6.07, 6.45) is -4.39. The quantitative estimate of drug-likeness (QED) is 0.753. The molecule has 0 atom stereocenters. The van der Waals surface area contributed by atoms with Gasteiger partial charge in [-0.1, -0.05) is 0 Å². The van der Waals surface area contributed by atoms with Crippen molar-refractivity contribution in [3.05, 3.63) is 28.8 Å². The van der Waals surface area contributed by atoms with E-state index in [-0.39, 0.29) is 0 Å². The average Bonchev–Trinajstić information content (AvgIpc) is 2.70. The fourth-order valence-electron chi connectivity index (χ4n) is 1.41. The summed E-state index contributed by atoms with van der Waals surface area (Å²) in [5.41, 5.74) is -0.360. The maximum atomic E-state index is 12.4. The van der Waals surface area contributed by atoms with Gasteiger partial charge in [0.1, 0.15) is 0 Å². The van der Waals surface area contributed by atoms with E-state index in [4.69, 9.17) is 0 Å². The zero-order chi connectivity index (χ0) is 11.9. The Balaban J connectivity index is 2.47. The predicted molar refractivity (Wildman–Crippen MR) is 56.3 cm³/mol. The van der Waals surface area contributed by atoms with E-state index in [1.54, 1.807) is 6.07 Å². The Bertz CT molecular complexity index is 510. The normalized spacial score (nSPS) is 12.1. The molecule has 6 heteroatoms. The summed E-state index contributed by atoms with van der Waals surface area (Å²) >= 11 is 1.45. The molecule has 16 heavy (non-hydrogen) atoms. The van der Waals surface area contributed by atoms with Crippen molar-refractivity contribution in [2.75, 3.05) is 0 Å². The van der Waals surface area contributed by atoms with Gasteiger partial charge < -0.3 is 0 Å². The molecule has 0 saturated carbocycles. The van der Waals surface area contributed by atoms with Crippen LogP contribution in [0, 0.1) is 6.92 Å². The fraction of sp³-hybridized carbons (Fsp3) is 0.300. The van der Waals surface area contributed by atoms with Crippen LogP contribution in [0.15, 0.2) is 18.2 Å². The van der Waals surface area contributed by atoms with E-state index in [9.17, 15) is 13.2 Å². The first-order valence-electron chi connectivity index (χ1n) is 4.56. The van der Waals surface area contributed by atoms with Crippen LogP contribution >= 0.6 is 11.3 Å². The monoisotopic (exact) mass is 246 g/mol. The summed E-state index contributed by atoms with van der Waals surface area (Å²) in [5.74, 6) is 0. The zero-order valence-electron chi connectivity index (χ0n) is 8.67. The summed E-state index contributed by atoms with van der Waals surface area (Å²) in [6, 6.07) is 4.75. The summed E-state index contributed by atoms with van der Waals surface area (Å²) < 4.78 is 38.5. The van der Waals surface area contributed by atoms with Crippen LogP contribution in [0.25, 0.3) is 10.6 Å². The van der Waals surface area contributed by atoms with Crippen molar-refractivity contribution < 1.29 is 13.2 Å². The molecule has 86 valence electrons. The van der Waals surface area contributed by atoms with Gasteiger partial charge in [0.25, 0.3) is 0 Å². The second-order valence-corrected chi connectivity index (χ2v) is 4.73. The van der Waals surface area contributed by atoms with Gasteiger partial charge in [-0.25, -0.2) is 0 Å². The topological polar surface area (TPSA) is 17.8 Å². The zero-order valence-corrected chi connectivity index (χ0v) is 9.49. The molecule has 2 aromatic rings. The van der Waals surface area contributed by atoms with Gasteiger partial charge >= 0.3 is 6.18 Å². The third kappa shape index (κ3) is 1.97. The molecule has 0 bridgehead atoms. The van der Waals surface area contributed by atoms with Crippen LogP contribution < -0.4 is 0 Å². The van der Waals surface area contributed by atoms with Crippen molar-refractivity contribution in [3.63, 3.8) is 0 Å². The fourth-order valence-corrected chi connectivity index (χ4v) is 2.32. The van der Waals surface area contributed by atoms with Crippen molar-refractivity contribution in [2.24, 2.45) is 7.05 Å². The van der Waals surface area contributed by atoms with Crippen molar-refractivity contribution in [1.82, 2.24) is 9.78 Å². The minimum absolute atomic E-state index is 0.491. The number of aryl methyl sites for hydroxylation is 2. The smallest absolute Gasteiger partial charge is 0.267 e. The van der Waals surface area contributed by atoms with E-state index < -0.39 is 11.9 Å². The van der Waals surface area contributed by atoms with Crippen molar-refractivity contribution in [1.29, 1.82) is 0 Å². The first-order valence-corrected chi connectivity index (χ1v) is 5.37. The molecule has 0 aliphatic rings. The van der Waals surface area contributed by atoms with Crippen LogP contribution in [-0.2, 0) is 13.2 Å². The van der Waals surface area contributed by atoms with Gasteiger partial charge in [-0.15, -0.1) is 11.3 Å². The third-order valence-electron chi connectivity index (χ3n) is 2.16. The highest BCUT2D eigenvalue weighted by atomic mass is 32.1.